The highest BCUT2D eigenvalue weighted by molar-refractivity contribution is 7.89. The van der Waals surface area contributed by atoms with Gasteiger partial charge in [0.1, 0.15) is 6.04 Å². The van der Waals surface area contributed by atoms with Crippen molar-refractivity contribution >= 4 is 26.0 Å². The van der Waals surface area contributed by atoms with Crippen molar-refractivity contribution in [2.75, 3.05) is 13.6 Å². The van der Waals surface area contributed by atoms with Gasteiger partial charge >= 0.3 is 0 Å². The summed E-state index contributed by atoms with van der Waals surface area (Å²) in [5, 5.41) is 2.82. The number of sulfonamides is 2. The minimum Gasteiger partial charge on any atom is -0.351 e. The summed E-state index contributed by atoms with van der Waals surface area (Å²) >= 11 is 0. The average molecular weight is 494 g/mol. The van der Waals surface area contributed by atoms with Gasteiger partial charge in [-0.3, -0.25) is 4.79 Å². The van der Waals surface area contributed by atoms with Crippen LogP contribution in [0.4, 0.5) is 0 Å². The molecule has 1 aliphatic heterocycles. The summed E-state index contributed by atoms with van der Waals surface area (Å²) in [7, 11) is -5.82. The number of nitrogens with one attached hydrogen (secondary N) is 1. The molecule has 0 saturated carbocycles. The predicted molar refractivity (Wildman–Crippen MR) is 126 cm³/mol. The molecule has 33 heavy (non-hydrogen) atoms. The molecule has 8 nitrogen and oxygen atoms in total. The van der Waals surface area contributed by atoms with Gasteiger partial charge in [-0.1, -0.05) is 36.8 Å². The fourth-order valence-electron chi connectivity index (χ4n) is 3.71. The van der Waals surface area contributed by atoms with Crippen molar-refractivity contribution < 1.29 is 21.6 Å². The third kappa shape index (κ3) is 5.63. The van der Waals surface area contributed by atoms with Gasteiger partial charge in [0.2, 0.25) is 26.0 Å². The summed E-state index contributed by atoms with van der Waals surface area (Å²) in [5.74, 6) is -0.356. The number of benzene rings is 2. The molecule has 0 spiro atoms. The first-order chi connectivity index (χ1) is 15.5. The second kappa shape index (κ2) is 10.3. The Bertz CT molecular complexity index is 1160. The van der Waals surface area contributed by atoms with Gasteiger partial charge in [-0.15, -0.1) is 0 Å². The summed E-state index contributed by atoms with van der Waals surface area (Å²) in [5.41, 5.74) is 0.725. The van der Waals surface area contributed by atoms with E-state index < -0.39 is 26.1 Å². The molecule has 0 aromatic heterocycles. The third-order valence-corrected chi connectivity index (χ3v) is 9.87. The lowest BCUT2D eigenvalue weighted by molar-refractivity contribution is -0.125. The zero-order valence-electron chi connectivity index (χ0n) is 19.1. The molecule has 1 N–H and O–H groups in total. The van der Waals surface area contributed by atoms with Crippen LogP contribution in [0.1, 0.15) is 38.7 Å². The minimum atomic E-state index is -3.78. The van der Waals surface area contributed by atoms with Crippen LogP contribution < -0.4 is 5.32 Å². The Balaban J connectivity index is 1.69. The standard InChI is InChI=1S/C23H31N3O5S2/c1-18(2)25(3)32(28,29)21-14-12-19(13-15-21)17-24-23(27)22-11-7-8-16-26(22)33(30,31)20-9-5-4-6-10-20/h4-6,9-10,12-15,18,22H,7-8,11,16-17H2,1-3H3,(H,24,27). The monoisotopic (exact) mass is 493 g/mol. The summed E-state index contributed by atoms with van der Waals surface area (Å²) in [6, 6.07) is 13.5. The van der Waals surface area contributed by atoms with E-state index in [1.165, 1.54) is 39.9 Å². The SMILES string of the molecule is CC(C)N(C)S(=O)(=O)c1ccc(CNC(=O)C2CCCCN2S(=O)(=O)c2ccccc2)cc1. The summed E-state index contributed by atoms with van der Waals surface area (Å²) in [6.45, 7) is 4.07. The predicted octanol–water partition coefficient (Wildman–Crippen LogP) is 2.58. The fourth-order valence-corrected chi connectivity index (χ4v) is 6.76. The number of carbonyl (C=O) groups excluding carboxylic acids is 1. The van der Waals surface area contributed by atoms with Crippen LogP contribution in [0.25, 0.3) is 0 Å². The second-order valence-electron chi connectivity index (χ2n) is 8.42. The first kappa shape index (κ1) is 25.4. The van der Waals surface area contributed by atoms with Crippen LogP contribution in [0.2, 0.25) is 0 Å². The number of nitrogens with zero attached hydrogens (tertiary/aromatic N) is 2. The van der Waals surface area contributed by atoms with E-state index in [2.05, 4.69) is 5.32 Å². The van der Waals surface area contributed by atoms with Crippen LogP contribution >= 0.6 is 0 Å². The molecule has 2 aromatic carbocycles. The lowest BCUT2D eigenvalue weighted by Gasteiger charge is -2.33. The van der Waals surface area contributed by atoms with E-state index >= 15 is 0 Å². The van der Waals surface area contributed by atoms with Crippen molar-refractivity contribution in [3.8, 4) is 0 Å². The molecule has 1 saturated heterocycles. The Hall–Kier alpha value is -2.27. The van der Waals surface area contributed by atoms with Crippen molar-refractivity contribution in [1.82, 2.24) is 13.9 Å². The summed E-state index contributed by atoms with van der Waals surface area (Å²) < 4.78 is 54.0. The maximum absolute atomic E-state index is 13.1. The molecule has 1 unspecified atom stereocenters. The van der Waals surface area contributed by atoms with Crippen LogP contribution in [0.15, 0.2) is 64.4 Å². The van der Waals surface area contributed by atoms with Gasteiger partial charge in [0.25, 0.3) is 0 Å². The van der Waals surface area contributed by atoms with E-state index in [-0.39, 0.29) is 28.3 Å². The molecule has 1 heterocycles. The first-order valence-corrected chi connectivity index (χ1v) is 13.8. The molecule has 1 fully saturated rings. The Morgan fingerprint density at radius 1 is 1.00 bits per heavy atom. The molecule has 1 atom stereocenters. The number of rotatable bonds is 8. The third-order valence-electron chi connectivity index (χ3n) is 5.90. The molecule has 1 amide bonds. The zero-order valence-corrected chi connectivity index (χ0v) is 20.8. The molecule has 0 radical (unpaired) electrons. The summed E-state index contributed by atoms with van der Waals surface area (Å²) in [4.78, 5) is 13.3. The highest BCUT2D eigenvalue weighted by atomic mass is 32.2. The smallest absolute Gasteiger partial charge is 0.243 e. The number of amides is 1. The number of piperidine rings is 1. The van der Waals surface area contributed by atoms with Gasteiger partial charge in [-0.25, -0.2) is 16.8 Å². The van der Waals surface area contributed by atoms with Gasteiger partial charge in [0.05, 0.1) is 9.79 Å². The average Bonchev–Trinajstić information content (AvgIpc) is 2.82. The topological polar surface area (TPSA) is 104 Å². The summed E-state index contributed by atoms with van der Waals surface area (Å²) in [6.07, 6.45) is 1.93. The highest BCUT2D eigenvalue weighted by Crippen LogP contribution is 2.25. The van der Waals surface area contributed by atoms with Crippen LogP contribution in [-0.2, 0) is 31.4 Å². The normalized spacial score (nSPS) is 17.9. The van der Waals surface area contributed by atoms with E-state index in [4.69, 9.17) is 0 Å². The van der Waals surface area contributed by atoms with E-state index in [1.54, 1.807) is 44.2 Å². The molecule has 1 aliphatic rings. The Kier molecular flexibility index (Phi) is 7.94. The van der Waals surface area contributed by atoms with Crippen molar-refractivity contribution in [2.24, 2.45) is 0 Å². The van der Waals surface area contributed by atoms with Gasteiger partial charge in [0.15, 0.2) is 0 Å². The quantitative estimate of drug-likeness (QED) is 0.609. The van der Waals surface area contributed by atoms with Gasteiger partial charge < -0.3 is 5.32 Å². The molecular weight excluding hydrogens is 462 g/mol. The van der Waals surface area contributed by atoms with Crippen molar-refractivity contribution in [1.29, 1.82) is 0 Å². The molecule has 3 rings (SSSR count). The fraction of sp³-hybridized carbons (Fsp3) is 0.435. The van der Waals surface area contributed by atoms with E-state index in [1.807, 2.05) is 0 Å². The Labute approximate surface area is 196 Å². The number of hydrogen-bond donors (Lipinski definition) is 1. The van der Waals surface area contributed by atoms with Crippen LogP contribution in [0.3, 0.4) is 0 Å². The molecule has 180 valence electrons. The minimum absolute atomic E-state index is 0.167. The van der Waals surface area contributed by atoms with Crippen molar-refractivity contribution in [3.05, 3.63) is 60.2 Å². The van der Waals surface area contributed by atoms with Gasteiger partial charge in [-0.05, 0) is 56.5 Å². The molecule has 0 aliphatic carbocycles. The molecule has 10 heteroatoms. The number of hydrogen-bond acceptors (Lipinski definition) is 5. The lowest BCUT2D eigenvalue weighted by Crippen LogP contribution is -2.51. The lowest BCUT2D eigenvalue weighted by atomic mass is 10.0. The van der Waals surface area contributed by atoms with E-state index in [0.29, 0.717) is 19.4 Å². The zero-order chi connectivity index (χ0) is 24.2. The molecule has 2 aromatic rings. The van der Waals surface area contributed by atoms with Crippen LogP contribution in [0, 0.1) is 0 Å². The van der Waals surface area contributed by atoms with Crippen LogP contribution in [0.5, 0.6) is 0 Å². The maximum atomic E-state index is 13.1. The van der Waals surface area contributed by atoms with Crippen molar-refractivity contribution in [3.63, 3.8) is 0 Å². The van der Waals surface area contributed by atoms with Crippen LogP contribution in [-0.4, -0.2) is 57.0 Å². The Morgan fingerprint density at radius 2 is 1.64 bits per heavy atom. The van der Waals surface area contributed by atoms with Crippen molar-refractivity contribution in [2.45, 2.75) is 61.5 Å². The largest absolute Gasteiger partial charge is 0.351 e. The van der Waals surface area contributed by atoms with Gasteiger partial charge in [0, 0.05) is 26.2 Å². The first-order valence-electron chi connectivity index (χ1n) is 11.0. The number of carbonyl (C=O) groups is 1. The Morgan fingerprint density at radius 3 is 2.24 bits per heavy atom. The second-order valence-corrected chi connectivity index (χ2v) is 12.3. The van der Waals surface area contributed by atoms with Gasteiger partial charge in [-0.2, -0.15) is 8.61 Å². The van der Waals surface area contributed by atoms with E-state index in [9.17, 15) is 21.6 Å². The molecule has 0 bridgehead atoms. The molecular formula is C23H31N3O5S2. The maximum Gasteiger partial charge on any atom is 0.243 e. The highest BCUT2D eigenvalue weighted by Gasteiger charge is 2.37. The van der Waals surface area contributed by atoms with E-state index in [0.717, 1.165) is 12.0 Å².